The second kappa shape index (κ2) is 7.62. The van der Waals surface area contributed by atoms with E-state index < -0.39 is 0 Å². The number of hydrogen-bond donors (Lipinski definition) is 1. The third-order valence-electron chi connectivity index (χ3n) is 8.43. The van der Waals surface area contributed by atoms with E-state index in [-0.39, 0.29) is 11.5 Å². The lowest BCUT2D eigenvalue weighted by molar-refractivity contribution is -0.0226. The second-order valence-corrected chi connectivity index (χ2v) is 9.72. The van der Waals surface area contributed by atoms with E-state index in [4.69, 9.17) is 9.47 Å². The highest BCUT2D eigenvalue weighted by Gasteiger charge is 2.54. The third-order valence-corrected chi connectivity index (χ3v) is 8.43. The molecule has 154 valence electrons. The minimum absolute atomic E-state index is 0.0814. The molecule has 1 aliphatic heterocycles. The number of ether oxygens (including phenoxy) is 2. The predicted molar refractivity (Wildman–Crippen MR) is 110 cm³/mol. The third kappa shape index (κ3) is 3.28. The molecule has 4 aliphatic rings. The maximum absolute atomic E-state index is 10.6. The van der Waals surface area contributed by atoms with Crippen LogP contribution in [0.5, 0.6) is 5.75 Å². The van der Waals surface area contributed by atoms with E-state index in [1.165, 1.54) is 37.7 Å². The number of benzene rings is 1. The predicted octanol–water partition coefficient (Wildman–Crippen LogP) is 3.61. The van der Waals surface area contributed by atoms with E-state index in [0.717, 1.165) is 57.5 Å². The molecule has 0 aromatic heterocycles. The normalized spacial score (nSPS) is 37.8. The van der Waals surface area contributed by atoms with Crippen molar-refractivity contribution in [2.75, 3.05) is 39.5 Å². The van der Waals surface area contributed by atoms with Crippen LogP contribution in [0.25, 0.3) is 0 Å². The topological polar surface area (TPSA) is 41.9 Å². The van der Waals surface area contributed by atoms with Crippen molar-refractivity contribution >= 4 is 0 Å². The van der Waals surface area contributed by atoms with Gasteiger partial charge in [-0.05, 0) is 85.0 Å². The lowest BCUT2D eigenvalue weighted by atomic mass is 9.55. The summed E-state index contributed by atoms with van der Waals surface area (Å²) in [5.41, 5.74) is 3.24. The number of hydrogen-bond acceptors (Lipinski definition) is 4. The van der Waals surface area contributed by atoms with Crippen molar-refractivity contribution in [3.8, 4) is 5.75 Å². The van der Waals surface area contributed by atoms with Gasteiger partial charge < -0.3 is 14.6 Å². The first-order chi connectivity index (χ1) is 13.6. The van der Waals surface area contributed by atoms with Gasteiger partial charge in [-0.2, -0.15) is 0 Å². The molecule has 28 heavy (non-hydrogen) atoms. The Bertz CT molecular complexity index is 701. The van der Waals surface area contributed by atoms with Crippen LogP contribution in [0, 0.1) is 17.3 Å². The van der Waals surface area contributed by atoms with Crippen LogP contribution in [0.15, 0.2) is 18.2 Å². The molecule has 2 saturated carbocycles. The fourth-order valence-electron chi connectivity index (χ4n) is 6.74. The molecular weight excluding hydrogens is 350 g/mol. The Balaban J connectivity index is 1.25. The molecule has 0 bridgehead atoms. The van der Waals surface area contributed by atoms with Crippen molar-refractivity contribution in [2.45, 2.75) is 57.5 Å². The van der Waals surface area contributed by atoms with Crippen LogP contribution in [0.2, 0.25) is 0 Å². The molecule has 1 aromatic carbocycles. The quantitative estimate of drug-likeness (QED) is 0.860. The van der Waals surface area contributed by atoms with E-state index in [9.17, 15) is 5.11 Å². The molecule has 4 nitrogen and oxygen atoms in total. The molecule has 3 fully saturated rings. The molecule has 0 spiro atoms. The van der Waals surface area contributed by atoms with Crippen LogP contribution >= 0.6 is 0 Å². The van der Waals surface area contributed by atoms with E-state index in [1.807, 2.05) is 0 Å². The van der Waals surface area contributed by atoms with Crippen molar-refractivity contribution in [1.29, 1.82) is 0 Å². The Kier molecular flexibility index (Phi) is 5.14. The van der Waals surface area contributed by atoms with Crippen LogP contribution < -0.4 is 4.74 Å². The number of fused-ring (bicyclic) bond motifs is 5. The Morgan fingerprint density at radius 1 is 1.18 bits per heavy atom. The maximum atomic E-state index is 10.6. The van der Waals surface area contributed by atoms with Gasteiger partial charge in [-0.1, -0.05) is 13.0 Å². The first kappa shape index (κ1) is 18.9. The largest absolute Gasteiger partial charge is 0.492 e. The van der Waals surface area contributed by atoms with Gasteiger partial charge in [0.1, 0.15) is 12.4 Å². The molecule has 1 aromatic rings. The Hall–Kier alpha value is -1.10. The van der Waals surface area contributed by atoms with Crippen LogP contribution in [0.3, 0.4) is 0 Å². The fraction of sp³-hybridized carbons (Fsp3) is 0.750. The SMILES string of the molecule is C[C@]12CCC3c4ccc(OCCN5CCOCC5)cc4CCC3C1CC[C@@H]2O. The van der Waals surface area contributed by atoms with E-state index >= 15 is 0 Å². The van der Waals surface area contributed by atoms with Gasteiger partial charge in [0.05, 0.1) is 19.3 Å². The summed E-state index contributed by atoms with van der Waals surface area (Å²) in [5, 5.41) is 10.6. The van der Waals surface area contributed by atoms with Crippen molar-refractivity contribution in [2.24, 2.45) is 17.3 Å². The molecule has 3 aliphatic carbocycles. The van der Waals surface area contributed by atoms with Gasteiger partial charge in [0, 0.05) is 19.6 Å². The zero-order chi connectivity index (χ0) is 19.1. The molecule has 1 heterocycles. The standard InChI is InChI=1S/C24H35NO3/c1-24-9-8-20-19-5-3-18(28-15-12-25-10-13-27-14-11-25)16-17(19)2-4-21(20)22(24)6-7-23(24)26/h3,5,16,20-23,26H,2,4,6-15H2,1H3/t20?,21?,22?,23-,24-/m0/s1. The van der Waals surface area contributed by atoms with E-state index in [2.05, 4.69) is 30.0 Å². The number of nitrogens with zero attached hydrogens (tertiary/aromatic N) is 1. The first-order valence-electron chi connectivity index (χ1n) is 11.4. The Labute approximate surface area is 169 Å². The van der Waals surface area contributed by atoms with Gasteiger partial charge in [-0.25, -0.2) is 0 Å². The van der Waals surface area contributed by atoms with Crippen molar-refractivity contribution < 1.29 is 14.6 Å². The Morgan fingerprint density at radius 3 is 2.89 bits per heavy atom. The summed E-state index contributed by atoms with van der Waals surface area (Å²) in [6.07, 6.45) is 7.00. The molecule has 0 amide bonds. The molecule has 4 heteroatoms. The van der Waals surface area contributed by atoms with Crippen LogP contribution in [-0.2, 0) is 11.2 Å². The highest BCUT2D eigenvalue weighted by atomic mass is 16.5. The van der Waals surface area contributed by atoms with Gasteiger partial charge in [-0.15, -0.1) is 0 Å². The zero-order valence-corrected chi connectivity index (χ0v) is 17.2. The Morgan fingerprint density at radius 2 is 2.04 bits per heavy atom. The van der Waals surface area contributed by atoms with Crippen molar-refractivity contribution in [3.63, 3.8) is 0 Å². The minimum Gasteiger partial charge on any atom is -0.492 e. The number of morpholine rings is 1. The van der Waals surface area contributed by atoms with Gasteiger partial charge in [0.25, 0.3) is 0 Å². The van der Waals surface area contributed by atoms with Crippen LogP contribution in [0.4, 0.5) is 0 Å². The average molecular weight is 386 g/mol. The number of aliphatic hydroxyl groups is 1. The van der Waals surface area contributed by atoms with Crippen LogP contribution in [0.1, 0.15) is 56.1 Å². The highest BCUT2D eigenvalue weighted by Crippen LogP contribution is 2.60. The van der Waals surface area contributed by atoms with E-state index in [1.54, 1.807) is 5.56 Å². The summed E-state index contributed by atoms with van der Waals surface area (Å²) in [6.45, 7) is 7.82. The molecular formula is C24H35NO3. The zero-order valence-electron chi connectivity index (χ0n) is 17.2. The minimum atomic E-state index is -0.0814. The van der Waals surface area contributed by atoms with Gasteiger partial charge in [0.15, 0.2) is 0 Å². The monoisotopic (exact) mass is 385 g/mol. The molecule has 1 N–H and O–H groups in total. The summed E-state index contributed by atoms with van der Waals surface area (Å²) in [4.78, 5) is 2.42. The summed E-state index contributed by atoms with van der Waals surface area (Å²) in [7, 11) is 0. The summed E-state index contributed by atoms with van der Waals surface area (Å²) in [5.74, 6) is 3.19. The fourth-order valence-corrected chi connectivity index (χ4v) is 6.74. The van der Waals surface area contributed by atoms with Gasteiger partial charge >= 0.3 is 0 Å². The van der Waals surface area contributed by atoms with Gasteiger partial charge in [-0.3, -0.25) is 4.90 Å². The van der Waals surface area contributed by atoms with Crippen molar-refractivity contribution in [3.05, 3.63) is 29.3 Å². The molecule has 1 saturated heterocycles. The summed E-state index contributed by atoms with van der Waals surface area (Å²) >= 11 is 0. The molecule has 5 atom stereocenters. The van der Waals surface area contributed by atoms with Crippen molar-refractivity contribution in [1.82, 2.24) is 4.90 Å². The average Bonchev–Trinajstić information content (AvgIpc) is 3.03. The van der Waals surface area contributed by atoms with Gasteiger partial charge in [0.2, 0.25) is 0 Å². The maximum Gasteiger partial charge on any atom is 0.119 e. The highest BCUT2D eigenvalue weighted by molar-refractivity contribution is 5.40. The number of rotatable bonds is 4. The van der Waals surface area contributed by atoms with Crippen LogP contribution in [-0.4, -0.2) is 55.6 Å². The number of aliphatic hydroxyl groups excluding tert-OH is 1. The first-order valence-corrected chi connectivity index (χ1v) is 11.4. The summed E-state index contributed by atoms with van der Waals surface area (Å²) in [6, 6.07) is 6.85. The summed E-state index contributed by atoms with van der Waals surface area (Å²) < 4.78 is 11.5. The smallest absolute Gasteiger partial charge is 0.119 e. The second-order valence-electron chi connectivity index (χ2n) is 9.72. The lowest BCUT2D eigenvalue weighted by Crippen LogP contribution is -2.43. The lowest BCUT2D eigenvalue weighted by Gasteiger charge is -2.50. The molecule has 0 radical (unpaired) electrons. The molecule has 5 rings (SSSR count). The van der Waals surface area contributed by atoms with E-state index in [0.29, 0.717) is 11.8 Å². The number of aryl methyl sites for hydroxylation is 1. The molecule has 3 unspecified atom stereocenters.